The second-order valence-corrected chi connectivity index (χ2v) is 9.87. The highest BCUT2D eigenvalue weighted by Gasteiger charge is 2.25. The molecule has 0 bridgehead atoms. The third-order valence-corrected chi connectivity index (χ3v) is 6.94. The number of rotatable bonds is 11. The molecule has 1 saturated carbocycles. The maximum absolute atomic E-state index is 14.5. The van der Waals surface area contributed by atoms with Gasteiger partial charge in [-0.2, -0.15) is 0 Å². The maximum Gasteiger partial charge on any atom is 0.185 e. The van der Waals surface area contributed by atoms with Gasteiger partial charge in [0, 0.05) is 30.6 Å². The van der Waals surface area contributed by atoms with Gasteiger partial charge in [0.1, 0.15) is 16.9 Å². The predicted molar refractivity (Wildman–Crippen MR) is 136 cm³/mol. The van der Waals surface area contributed by atoms with Crippen LogP contribution in [0.3, 0.4) is 0 Å². The summed E-state index contributed by atoms with van der Waals surface area (Å²) in [5, 5.41) is 17.2. The fraction of sp³-hybridized carbons (Fsp3) is 0.346. The van der Waals surface area contributed by atoms with Gasteiger partial charge >= 0.3 is 0 Å². The first-order valence-corrected chi connectivity index (χ1v) is 12.8. The summed E-state index contributed by atoms with van der Waals surface area (Å²) in [5.41, 5.74) is 4.73. The molecule has 1 aliphatic carbocycles. The minimum absolute atomic E-state index is 0.00837. The molecule has 196 valence electrons. The lowest BCUT2D eigenvalue weighted by molar-refractivity contribution is 0.0819. The zero-order chi connectivity index (χ0) is 26.2. The van der Waals surface area contributed by atoms with Crippen molar-refractivity contribution in [2.75, 3.05) is 13.2 Å². The number of aryl methyl sites for hydroxylation is 1. The number of halogens is 2. The topological polar surface area (TPSA) is 112 Å². The van der Waals surface area contributed by atoms with Gasteiger partial charge in [0.25, 0.3) is 0 Å². The van der Waals surface area contributed by atoms with E-state index in [0.717, 1.165) is 16.9 Å². The Bertz CT molecular complexity index is 1640. The van der Waals surface area contributed by atoms with E-state index in [9.17, 15) is 9.18 Å². The minimum Gasteiger partial charge on any atom is -0.394 e. The Morgan fingerprint density at radius 3 is 2.92 bits per heavy atom. The van der Waals surface area contributed by atoms with Crippen LogP contribution in [0.4, 0.5) is 4.39 Å². The predicted octanol–water partition coefficient (Wildman–Crippen LogP) is 3.62. The van der Waals surface area contributed by atoms with Crippen molar-refractivity contribution in [3.05, 3.63) is 82.3 Å². The smallest absolute Gasteiger partial charge is 0.185 e. The van der Waals surface area contributed by atoms with Crippen molar-refractivity contribution in [1.29, 1.82) is 0 Å². The largest absolute Gasteiger partial charge is 0.394 e. The molecular weight excluding hydrogens is 513 g/mol. The fourth-order valence-corrected chi connectivity index (χ4v) is 4.76. The average molecular weight is 538 g/mol. The van der Waals surface area contributed by atoms with Gasteiger partial charge in [-0.3, -0.25) is 4.79 Å². The van der Waals surface area contributed by atoms with E-state index in [1.807, 2.05) is 10.6 Å². The zero-order valence-corrected chi connectivity index (χ0v) is 21.2. The standard InChI is InChI=1S/C26H25ClFN7O3/c27-20-5-6-33-15-29-21(25(33)24(20)28)3-4-23(37)22-13-35(32-31-22)12-19-11-34-10-17(16-1-2-16)9-18(26(34)30-19)14-38-8-7-36/h5-6,9-11,13,15-16,36H,1-4,7-8,12,14H2. The third-order valence-electron chi connectivity index (χ3n) is 6.65. The number of aromatic nitrogens is 7. The minimum atomic E-state index is -0.556. The maximum atomic E-state index is 14.5. The number of carbonyl (C=O) groups is 1. The lowest BCUT2D eigenvalue weighted by Gasteiger charge is -2.08. The van der Waals surface area contributed by atoms with Crippen LogP contribution in [0.5, 0.6) is 0 Å². The zero-order valence-electron chi connectivity index (χ0n) is 20.4. The molecular formula is C26H25ClFN7O3. The number of ketones is 1. The van der Waals surface area contributed by atoms with E-state index >= 15 is 0 Å². The first kappa shape index (κ1) is 24.7. The van der Waals surface area contributed by atoms with Crippen LogP contribution in [0.25, 0.3) is 11.2 Å². The number of hydrogen-bond acceptors (Lipinski definition) is 7. The SMILES string of the molecule is O=C(CCc1ncn2ccc(Cl)c(F)c12)c1cn(Cc2cn3cc(C4CC4)cc(COCCO)c3n2)nn1. The van der Waals surface area contributed by atoms with Gasteiger partial charge in [-0.1, -0.05) is 16.8 Å². The van der Waals surface area contributed by atoms with E-state index in [1.165, 1.54) is 30.8 Å². The lowest BCUT2D eigenvalue weighted by Crippen LogP contribution is -2.03. The highest BCUT2D eigenvalue weighted by molar-refractivity contribution is 6.31. The van der Waals surface area contributed by atoms with Crippen LogP contribution in [0.2, 0.25) is 5.02 Å². The van der Waals surface area contributed by atoms with Crippen molar-refractivity contribution in [2.24, 2.45) is 0 Å². The molecule has 0 spiro atoms. The number of carbonyl (C=O) groups excluding carboxylic acids is 1. The van der Waals surface area contributed by atoms with Crippen LogP contribution in [-0.2, 0) is 24.3 Å². The molecule has 0 atom stereocenters. The number of pyridine rings is 2. The van der Waals surface area contributed by atoms with Gasteiger partial charge in [0.15, 0.2) is 11.6 Å². The molecule has 1 aliphatic rings. The van der Waals surface area contributed by atoms with E-state index in [2.05, 4.69) is 27.6 Å². The molecule has 0 aliphatic heterocycles. The van der Waals surface area contributed by atoms with Crippen molar-refractivity contribution in [3.8, 4) is 0 Å². The van der Waals surface area contributed by atoms with E-state index in [1.54, 1.807) is 21.5 Å². The molecule has 5 aromatic rings. The number of nitrogens with zero attached hydrogens (tertiary/aromatic N) is 7. The normalized spacial score (nSPS) is 13.7. The van der Waals surface area contributed by atoms with Crippen LogP contribution in [-0.4, -0.2) is 57.9 Å². The molecule has 0 amide bonds. The summed E-state index contributed by atoms with van der Waals surface area (Å²) < 4.78 is 25.2. The molecule has 10 nitrogen and oxygen atoms in total. The van der Waals surface area contributed by atoms with Gasteiger partial charge in [-0.25, -0.2) is 19.0 Å². The summed E-state index contributed by atoms with van der Waals surface area (Å²) in [6.07, 6.45) is 11.5. The Hall–Kier alpha value is -3.67. The number of aliphatic hydroxyl groups is 1. The lowest BCUT2D eigenvalue weighted by atomic mass is 10.1. The molecule has 6 rings (SSSR count). The summed E-state index contributed by atoms with van der Waals surface area (Å²) in [6.45, 7) is 0.941. The monoisotopic (exact) mass is 537 g/mol. The second-order valence-electron chi connectivity index (χ2n) is 9.46. The molecule has 0 unspecified atom stereocenters. The van der Waals surface area contributed by atoms with Gasteiger partial charge in [-0.15, -0.1) is 5.10 Å². The van der Waals surface area contributed by atoms with Crippen molar-refractivity contribution in [3.63, 3.8) is 0 Å². The van der Waals surface area contributed by atoms with Crippen LogP contribution in [0, 0.1) is 5.82 Å². The second kappa shape index (κ2) is 10.2. The van der Waals surface area contributed by atoms with Crippen LogP contribution in [0.15, 0.2) is 43.2 Å². The number of ether oxygens (including phenoxy) is 1. The molecule has 0 aromatic carbocycles. The van der Waals surface area contributed by atoms with Gasteiger partial charge in [0.2, 0.25) is 0 Å². The number of Topliss-reactive ketones (excluding diaryl/α,β-unsaturated/α-hetero) is 1. The van der Waals surface area contributed by atoms with Crippen molar-refractivity contribution in [1.82, 2.24) is 33.8 Å². The van der Waals surface area contributed by atoms with Gasteiger partial charge in [0.05, 0.1) is 55.3 Å². The van der Waals surface area contributed by atoms with E-state index in [4.69, 9.17) is 26.4 Å². The number of imidazole rings is 2. The van der Waals surface area contributed by atoms with Crippen LogP contribution >= 0.6 is 11.6 Å². The van der Waals surface area contributed by atoms with E-state index in [0.29, 0.717) is 24.8 Å². The molecule has 5 heterocycles. The fourth-order valence-electron chi connectivity index (χ4n) is 4.61. The molecule has 0 radical (unpaired) electrons. The Morgan fingerprint density at radius 2 is 2.11 bits per heavy atom. The first-order chi connectivity index (χ1) is 18.5. The molecule has 5 aromatic heterocycles. The van der Waals surface area contributed by atoms with E-state index < -0.39 is 5.82 Å². The number of aliphatic hydroxyl groups excluding tert-OH is 1. The Morgan fingerprint density at radius 1 is 1.24 bits per heavy atom. The Kier molecular flexibility index (Phi) is 6.64. The highest BCUT2D eigenvalue weighted by atomic mass is 35.5. The molecule has 12 heteroatoms. The average Bonchev–Trinajstić information content (AvgIpc) is 3.30. The van der Waals surface area contributed by atoms with Gasteiger partial charge in [-0.05, 0) is 42.9 Å². The summed E-state index contributed by atoms with van der Waals surface area (Å²) in [6, 6.07) is 3.59. The Balaban J connectivity index is 1.16. The molecule has 1 fully saturated rings. The van der Waals surface area contributed by atoms with E-state index in [-0.39, 0.29) is 48.1 Å². The van der Waals surface area contributed by atoms with Crippen molar-refractivity contribution < 1.29 is 19.0 Å². The molecule has 0 saturated heterocycles. The summed E-state index contributed by atoms with van der Waals surface area (Å²) in [7, 11) is 0. The highest BCUT2D eigenvalue weighted by Crippen LogP contribution is 2.40. The van der Waals surface area contributed by atoms with Crippen molar-refractivity contribution >= 4 is 28.5 Å². The number of fused-ring (bicyclic) bond motifs is 2. The van der Waals surface area contributed by atoms with Crippen molar-refractivity contribution in [2.45, 2.75) is 44.8 Å². The summed E-state index contributed by atoms with van der Waals surface area (Å²) >= 11 is 5.91. The quantitative estimate of drug-likeness (QED) is 0.202. The summed E-state index contributed by atoms with van der Waals surface area (Å²) in [5.74, 6) is -0.202. The Labute approximate surface area is 221 Å². The van der Waals surface area contributed by atoms with Crippen LogP contribution in [0.1, 0.15) is 58.2 Å². The molecule has 1 N–H and O–H groups in total. The summed E-state index contributed by atoms with van der Waals surface area (Å²) in [4.78, 5) is 21.8. The molecule has 38 heavy (non-hydrogen) atoms. The van der Waals surface area contributed by atoms with Gasteiger partial charge < -0.3 is 18.6 Å². The third kappa shape index (κ3) is 4.92. The number of hydrogen-bond donors (Lipinski definition) is 1. The first-order valence-electron chi connectivity index (χ1n) is 12.4. The van der Waals surface area contributed by atoms with Crippen LogP contribution < -0.4 is 0 Å².